The van der Waals surface area contributed by atoms with Crippen molar-refractivity contribution in [3.05, 3.63) is 12.7 Å². The van der Waals surface area contributed by atoms with Crippen LogP contribution in [0, 0.1) is 17.8 Å². The Hall–Kier alpha value is -1.12. The van der Waals surface area contributed by atoms with Crippen LogP contribution in [0.2, 0.25) is 0 Å². The van der Waals surface area contributed by atoms with Crippen LogP contribution in [0.3, 0.4) is 0 Å². The van der Waals surface area contributed by atoms with Crippen LogP contribution >= 0.6 is 22.6 Å². The highest BCUT2D eigenvalue weighted by atomic mass is 127. The number of likely N-dealkylation sites (tertiary alicyclic amines) is 1. The molecule has 0 radical (unpaired) electrons. The van der Waals surface area contributed by atoms with Crippen molar-refractivity contribution in [2.75, 3.05) is 30.7 Å². The number of carbonyl (C=O) groups is 3. The van der Waals surface area contributed by atoms with Gasteiger partial charge in [-0.3, -0.25) is 14.4 Å². The van der Waals surface area contributed by atoms with Gasteiger partial charge in [0.2, 0.25) is 5.91 Å². The Kier molecular flexibility index (Phi) is 7.84. The molecule has 124 valence electrons. The fourth-order valence-corrected chi connectivity index (χ4v) is 3.46. The van der Waals surface area contributed by atoms with Crippen LogP contribution in [0.15, 0.2) is 12.7 Å². The van der Waals surface area contributed by atoms with E-state index < -0.39 is 23.8 Å². The maximum atomic E-state index is 12.6. The Labute approximate surface area is 144 Å². The minimum Gasteiger partial charge on any atom is -0.465 e. The van der Waals surface area contributed by atoms with E-state index in [1.807, 2.05) is 0 Å². The minimum atomic E-state index is -1.19. The van der Waals surface area contributed by atoms with Gasteiger partial charge in [0.15, 0.2) is 5.92 Å². The molecule has 0 unspecified atom stereocenters. The number of nitrogens with zero attached hydrogens (tertiary/aromatic N) is 1. The van der Waals surface area contributed by atoms with Gasteiger partial charge in [-0.15, -0.1) is 6.58 Å². The molecule has 0 aromatic heterocycles. The van der Waals surface area contributed by atoms with E-state index in [0.717, 1.165) is 0 Å². The molecule has 1 fully saturated rings. The minimum absolute atomic E-state index is 0.0909. The van der Waals surface area contributed by atoms with Crippen LogP contribution in [0.4, 0.5) is 0 Å². The lowest BCUT2D eigenvalue weighted by Gasteiger charge is -2.22. The highest BCUT2D eigenvalue weighted by molar-refractivity contribution is 14.1. The molecule has 6 nitrogen and oxygen atoms in total. The number of alkyl halides is 1. The number of carbonyl (C=O) groups excluding carboxylic acids is 3. The molecule has 0 saturated carbocycles. The van der Waals surface area contributed by atoms with Gasteiger partial charge in [0.25, 0.3) is 0 Å². The maximum absolute atomic E-state index is 12.6. The first kappa shape index (κ1) is 18.9. The van der Waals surface area contributed by atoms with Crippen LogP contribution in [0.1, 0.15) is 13.8 Å². The van der Waals surface area contributed by atoms with Crippen molar-refractivity contribution < 1.29 is 23.9 Å². The van der Waals surface area contributed by atoms with Crippen molar-refractivity contribution in [1.82, 2.24) is 4.90 Å². The third-order valence-electron chi connectivity index (χ3n) is 3.55. The third-order valence-corrected chi connectivity index (χ3v) is 4.68. The molecule has 7 heteroatoms. The summed E-state index contributed by atoms with van der Waals surface area (Å²) in [4.78, 5) is 38.6. The summed E-state index contributed by atoms with van der Waals surface area (Å²) < 4.78 is 10.6. The van der Waals surface area contributed by atoms with Gasteiger partial charge in [0, 0.05) is 17.5 Å². The number of ether oxygens (including phenoxy) is 2. The lowest BCUT2D eigenvalue weighted by Crippen LogP contribution is -2.41. The molecule has 0 aromatic rings. The largest absolute Gasteiger partial charge is 0.465 e. The van der Waals surface area contributed by atoms with E-state index in [4.69, 9.17) is 9.47 Å². The molecule has 0 bridgehead atoms. The second-order valence-electron chi connectivity index (χ2n) is 4.95. The topological polar surface area (TPSA) is 72.9 Å². The van der Waals surface area contributed by atoms with Gasteiger partial charge in [-0.05, 0) is 19.8 Å². The van der Waals surface area contributed by atoms with Gasteiger partial charge in [0.1, 0.15) is 0 Å². The average Bonchev–Trinajstić information content (AvgIpc) is 2.78. The van der Waals surface area contributed by atoms with Crippen molar-refractivity contribution >= 4 is 40.4 Å². The summed E-state index contributed by atoms with van der Waals surface area (Å²) >= 11 is 2.17. The van der Waals surface area contributed by atoms with Gasteiger partial charge in [-0.25, -0.2) is 0 Å². The molecular weight excluding hydrogens is 401 g/mol. The van der Waals surface area contributed by atoms with Crippen LogP contribution in [0.25, 0.3) is 0 Å². The van der Waals surface area contributed by atoms with Crippen molar-refractivity contribution in [2.45, 2.75) is 13.8 Å². The first-order valence-electron chi connectivity index (χ1n) is 7.30. The van der Waals surface area contributed by atoms with Crippen molar-refractivity contribution in [1.29, 1.82) is 0 Å². The summed E-state index contributed by atoms with van der Waals surface area (Å²) in [6, 6.07) is 0. The fraction of sp³-hybridized carbons (Fsp3) is 0.667. The Balaban J connectivity index is 3.09. The molecule has 0 N–H and O–H groups in total. The summed E-state index contributed by atoms with van der Waals surface area (Å²) in [7, 11) is 0. The Morgan fingerprint density at radius 1 is 1.36 bits per heavy atom. The maximum Gasteiger partial charge on any atom is 0.321 e. The Morgan fingerprint density at radius 3 is 2.32 bits per heavy atom. The van der Waals surface area contributed by atoms with Gasteiger partial charge in [-0.2, -0.15) is 0 Å². The first-order chi connectivity index (χ1) is 10.5. The molecule has 0 aromatic carbocycles. The quantitative estimate of drug-likeness (QED) is 0.194. The lowest BCUT2D eigenvalue weighted by atomic mass is 9.84. The highest BCUT2D eigenvalue weighted by Crippen LogP contribution is 2.34. The van der Waals surface area contributed by atoms with Crippen LogP contribution in [-0.4, -0.2) is 53.5 Å². The molecule has 2 atom stereocenters. The van der Waals surface area contributed by atoms with Crippen LogP contribution in [0.5, 0.6) is 0 Å². The van der Waals surface area contributed by atoms with Gasteiger partial charge in [-0.1, -0.05) is 28.7 Å². The Bertz CT molecular complexity index is 422. The summed E-state index contributed by atoms with van der Waals surface area (Å²) in [5.74, 6) is -3.60. The smallest absolute Gasteiger partial charge is 0.321 e. The van der Waals surface area contributed by atoms with Crippen molar-refractivity contribution in [3.8, 4) is 0 Å². The summed E-state index contributed by atoms with van der Waals surface area (Å²) in [6.07, 6.45) is 1.63. The zero-order chi connectivity index (χ0) is 16.7. The SMILES string of the molecule is C=CCN1C[C@@H](CI)[C@H](C(C(=O)OCC)C(=O)OCC)C1=O. The average molecular weight is 423 g/mol. The summed E-state index contributed by atoms with van der Waals surface area (Å²) in [5.41, 5.74) is 0. The van der Waals surface area contributed by atoms with E-state index in [2.05, 4.69) is 29.2 Å². The van der Waals surface area contributed by atoms with Crippen molar-refractivity contribution in [3.63, 3.8) is 0 Å². The predicted molar refractivity (Wildman–Crippen MR) is 89.4 cm³/mol. The zero-order valence-electron chi connectivity index (χ0n) is 12.9. The van der Waals surface area contributed by atoms with E-state index in [0.29, 0.717) is 17.5 Å². The Morgan fingerprint density at radius 2 is 1.91 bits per heavy atom. The van der Waals surface area contributed by atoms with Crippen molar-refractivity contribution in [2.24, 2.45) is 17.8 Å². The second kappa shape index (κ2) is 9.12. The molecule has 1 saturated heterocycles. The second-order valence-corrected chi connectivity index (χ2v) is 5.83. The summed E-state index contributed by atoms with van der Waals surface area (Å²) in [5, 5.41) is 0. The van der Waals surface area contributed by atoms with Gasteiger partial charge < -0.3 is 14.4 Å². The lowest BCUT2D eigenvalue weighted by molar-refractivity contribution is -0.167. The normalized spacial score (nSPS) is 21.1. The number of rotatable bonds is 8. The van der Waals surface area contributed by atoms with E-state index in [-0.39, 0.29) is 25.0 Å². The van der Waals surface area contributed by atoms with Crippen LogP contribution in [-0.2, 0) is 23.9 Å². The number of amides is 1. The monoisotopic (exact) mass is 423 g/mol. The fourth-order valence-electron chi connectivity index (χ4n) is 2.63. The number of esters is 2. The molecule has 1 aliphatic rings. The first-order valence-corrected chi connectivity index (χ1v) is 8.83. The predicted octanol–water partition coefficient (Wildman–Crippen LogP) is 1.42. The standard InChI is InChI=1S/C15H22INO5/c1-4-7-17-9-10(8-16)11(13(17)18)12(14(19)21-5-2)15(20)22-6-3/h4,10-12H,1,5-9H2,2-3H3/t10-,11-/m1/s1. The van der Waals surface area contributed by atoms with Gasteiger partial charge >= 0.3 is 11.9 Å². The van der Waals surface area contributed by atoms with E-state index in [1.165, 1.54) is 0 Å². The molecule has 22 heavy (non-hydrogen) atoms. The number of halogens is 1. The third kappa shape index (κ3) is 4.21. The zero-order valence-corrected chi connectivity index (χ0v) is 15.1. The highest BCUT2D eigenvalue weighted by Gasteiger charge is 2.50. The number of hydrogen-bond acceptors (Lipinski definition) is 5. The van der Waals surface area contributed by atoms with E-state index >= 15 is 0 Å². The molecule has 1 amide bonds. The molecule has 0 spiro atoms. The number of hydrogen-bond donors (Lipinski definition) is 0. The van der Waals surface area contributed by atoms with Gasteiger partial charge in [0.05, 0.1) is 19.1 Å². The molecule has 0 aliphatic carbocycles. The molecule has 1 aliphatic heterocycles. The molecular formula is C15H22INO5. The van der Waals surface area contributed by atoms with E-state index in [1.54, 1.807) is 24.8 Å². The molecule has 1 rings (SSSR count). The molecule has 1 heterocycles. The van der Waals surface area contributed by atoms with Crippen LogP contribution < -0.4 is 0 Å². The van der Waals surface area contributed by atoms with E-state index in [9.17, 15) is 14.4 Å². The summed E-state index contributed by atoms with van der Waals surface area (Å²) in [6.45, 7) is 8.17.